The van der Waals surface area contributed by atoms with E-state index >= 15 is 0 Å². The molecule has 2 fully saturated rings. The minimum atomic E-state index is 0.296. The predicted octanol–water partition coefficient (Wildman–Crippen LogP) is 3.63. The predicted molar refractivity (Wildman–Crippen MR) is 88.9 cm³/mol. The van der Waals surface area contributed by atoms with Crippen molar-refractivity contribution < 1.29 is 9.47 Å². The number of nitrogens with zero attached hydrogens (tertiary/aromatic N) is 1. The molecule has 1 aromatic rings. The van der Waals surface area contributed by atoms with E-state index in [0.717, 1.165) is 26.0 Å². The van der Waals surface area contributed by atoms with Crippen molar-refractivity contribution in [3.63, 3.8) is 0 Å². The molecule has 0 spiro atoms. The fourth-order valence-corrected chi connectivity index (χ4v) is 3.29. The van der Waals surface area contributed by atoms with E-state index in [1.165, 1.54) is 44.3 Å². The normalized spacial score (nSPS) is 26.4. The monoisotopic (exact) mass is 303 g/mol. The van der Waals surface area contributed by atoms with Gasteiger partial charge < -0.3 is 14.4 Å². The second kappa shape index (κ2) is 8.66. The Hall–Kier alpha value is -0.900. The highest BCUT2D eigenvalue weighted by atomic mass is 16.5. The van der Waals surface area contributed by atoms with E-state index < -0.39 is 0 Å². The highest BCUT2D eigenvalue weighted by Crippen LogP contribution is 2.27. The van der Waals surface area contributed by atoms with Gasteiger partial charge in [-0.25, -0.2) is 0 Å². The average Bonchev–Trinajstić information content (AvgIpc) is 2.80. The van der Waals surface area contributed by atoms with Crippen LogP contribution in [-0.2, 0) is 16.1 Å². The van der Waals surface area contributed by atoms with Crippen molar-refractivity contribution in [3.05, 3.63) is 35.9 Å². The molecule has 0 radical (unpaired) electrons. The molecule has 2 atom stereocenters. The first-order chi connectivity index (χ1) is 10.9. The van der Waals surface area contributed by atoms with Crippen LogP contribution >= 0.6 is 0 Å². The van der Waals surface area contributed by atoms with Crippen LogP contribution in [0.3, 0.4) is 0 Å². The Balaban J connectivity index is 1.31. The van der Waals surface area contributed by atoms with Gasteiger partial charge in [0, 0.05) is 6.54 Å². The van der Waals surface area contributed by atoms with Gasteiger partial charge in [0.25, 0.3) is 0 Å². The highest BCUT2D eigenvalue weighted by Gasteiger charge is 2.32. The number of hydrogen-bond acceptors (Lipinski definition) is 3. The molecule has 3 heteroatoms. The molecule has 1 saturated carbocycles. The van der Waals surface area contributed by atoms with Gasteiger partial charge in [-0.05, 0) is 44.3 Å². The van der Waals surface area contributed by atoms with Crippen LogP contribution in [0.2, 0.25) is 0 Å². The number of rotatable bonds is 7. The van der Waals surface area contributed by atoms with Gasteiger partial charge in [0.2, 0.25) is 0 Å². The van der Waals surface area contributed by atoms with Crippen molar-refractivity contribution in [1.82, 2.24) is 4.90 Å². The van der Waals surface area contributed by atoms with Crippen LogP contribution in [0.4, 0.5) is 0 Å². The minimum Gasteiger partial charge on any atom is -0.374 e. The lowest BCUT2D eigenvalue weighted by atomic mass is 9.91. The Morgan fingerprint density at radius 2 is 1.55 bits per heavy atom. The summed E-state index contributed by atoms with van der Waals surface area (Å²) in [6.45, 7) is 5.15. The standard InChI is InChI=1S/C19H29NO2/c1-2-7-13-20(12-6-1)14-15-21-18-10-11-19(18)22-16-17-8-4-3-5-9-17/h3-5,8-9,18-19H,1-2,6-7,10-16H2/t18?,19-/m1/s1. The molecule has 3 rings (SSSR count). The van der Waals surface area contributed by atoms with Gasteiger partial charge in [-0.2, -0.15) is 0 Å². The van der Waals surface area contributed by atoms with Crippen LogP contribution in [0.15, 0.2) is 30.3 Å². The maximum atomic E-state index is 6.06. The quantitative estimate of drug-likeness (QED) is 0.768. The molecular formula is C19H29NO2. The largest absolute Gasteiger partial charge is 0.374 e. The van der Waals surface area contributed by atoms with E-state index in [9.17, 15) is 0 Å². The summed E-state index contributed by atoms with van der Waals surface area (Å²) in [5, 5.41) is 0. The third-order valence-electron chi connectivity index (χ3n) is 4.90. The van der Waals surface area contributed by atoms with Gasteiger partial charge in [-0.15, -0.1) is 0 Å². The number of hydrogen-bond donors (Lipinski definition) is 0. The average molecular weight is 303 g/mol. The highest BCUT2D eigenvalue weighted by molar-refractivity contribution is 5.13. The molecule has 2 aliphatic rings. The van der Waals surface area contributed by atoms with E-state index in [4.69, 9.17) is 9.47 Å². The van der Waals surface area contributed by atoms with E-state index in [1.807, 2.05) is 6.07 Å². The van der Waals surface area contributed by atoms with E-state index in [1.54, 1.807) is 0 Å². The summed E-state index contributed by atoms with van der Waals surface area (Å²) in [5.74, 6) is 0. The van der Waals surface area contributed by atoms with Crippen molar-refractivity contribution in [2.24, 2.45) is 0 Å². The van der Waals surface area contributed by atoms with Crippen molar-refractivity contribution in [2.75, 3.05) is 26.2 Å². The van der Waals surface area contributed by atoms with Crippen LogP contribution < -0.4 is 0 Å². The molecule has 1 heterocycles. The van der Waals surface area contributed by atoms with Crippen molar-refractivity contribution in [2.45, 2.75) is 57.3 Å². The van der Waals surface area contributed by atoms with Crippen LogP contribution in [0.1, 0.15) is 44.1 Å². The van der Waals surface area contributed by atoms with Gasteiger partial charge in [-0.3, -0.25) is 0 Å². The van der Waals surface area contributed by atoms with Gasteiger partial charge in [0.15, 0.2) is 0 Å². The van der Waals surface area contributed by atoms with Gasteiger partial charge >= 0.3 is 0 Å². The lowest BCUT2D eigenvalue weighted by Gasteiger charge is -2.36. The summed E-state index contributed by atoms with van der Waals surface area (Å²) in [6, 6.07) is 10.4. The Morgan fingerprint density at radius 3 is 2.23 bits per heavy atom. The number of likely N-dealkylation sites (tertiary alicyclic amines) is 1. The molecule has 0 bridgehead atoms. The van der Waals surface area contributed by atoms with Crippen molar-refractivity contribution >= 4 is 0 Å². The Morgan fingerprint density at radius 1 is 0.864 bits per heavy atom. The summed E-state index contributed by atoms with van der Waals surface area (Å²) in [4.78, 5) is 2.56. The fraction of sp³-hybridized carbons (Fsp3) is 0.684. The molecule has 1 unspecified atom stereocenters. The first kappa shape index (κ1) is 16.0. The summed E-state index contributed by atoms with van der Waals surface area (Å²) in [7, 11) is 0. The molecule has 1 aromatic carbocycles. The zero-order valence-electron chi connectivity index (χ0n) is 13.6. The molecular weight excluding hydrogens is 274 g/mol. The van der Waals surface area contributed by atoms with Crippen LogP contribution in [0, 0.1) is 0 Å². The molecule has 122 valence electrons. The maximum absolute atomic E-state index is 6.06. The molecule has 1 aliphatic heterocycles. The summed E-state index contributed by atoms with van der Waals surface area (Å²) >= 11 is 0. The second-order valence-corrected chi connectivity index (χ2v) is 6.58. The van der Waals surface area contributed by atoms with Crippen LogP contribution in [-0.4, -0.2) is 43.3 Å². The fourth-order valence-electron chi connectivity index (χ4n) is 3.29. The molecule has 1 aliphatic carbocycles. The third-order valence-corrected chi connectivity index (χ3v) is 4.90. The Kier molecular flexibility index (Phi) is 6.29. The topological polar surface area (TPSA) is 21.7 Å². The summed E-state index contributed by atoms with van der Waals surface area (Å²) < 4.78 is 12.1. The zero-order valence-corrected chi connectivity index (χ0v) is 13.6. The first-order valence-electron chi connectivity index (χ1n) is 8.91. The molecule has 22 heavy (non-hydrogen) atoms. The zero-order chi connectivity index (χ0) is 15.0. The molecule has 0 N–H and O–H groups in total. The SMILES string of the molecule is c1ccc(CO[C@@H]2CCC2OCCN2CCCCCC2)cc1. The molecule has 1 saturated heterocycles. The summed E-state index contributed by atoms with van der Waals surface area (Å²) in [6.07, 6.45) is 8.41. The van der Waals surface area contributed by atoms with E-state index in [2.05, 4.69) is 29.2 Å². The summed E-state index contributed by atoms with van der Waals surface area (Å²) in [5.41, 5.74) is 1.25. The molecule has 0 amide bonds. The lowest BCUT2D eigenvalue weighted by molar-refractivity contribution is -0.135. The Labute approximate surface area is 134 Å². The minimum absolute atomic E-state index is 0.296. The van der Waals surface area contributed by atoms with Gasteiger partial charge in [0.05, 0.1) is 25.4 Å². The molecule has 0 aromatic heterocycles. The van der Waals surface area contributed by atoms with Crippen LogP contribution in [0.25, 0.3) is 0 Å². The van der Waals surface area contributed by atoms with E-state index in [-0.39, 0.29) is 0 Å². The smallest absolute Gasteiger partial charge is 0.0842 e. The van der Waals surface area contributed by atoms with Crippen LogP contribution in [0.5, 0.6) is 0 Å². The van der Waals surface area contributed by atoms with E-state index in [0.29, 0.717) is 18.8 Å². The van der Waals surface area contributed by atoms with Crippen molar-refractivity contribution in [1.29, 1.82) is 0 Å². The second-order valence-electron chi connectivity index (χ2n) is 6.58. The maximum Gasteiger partial charge on any atom is 0.0842 e. The van der Waals surface area contributed by atoms with Gasteiger partial charge in [-0.1, -0.05) is 43.2 Å². The Bertz CT molecular complexity index is 415. The van der Waals surface area contributed by atoms with Crippen molar-refractivity contribution in [3.8, 4) is 0 Å². The lowest BCUT2D eigenvalue weighted by Crippen LogP contribution is -2.42. The first-order valence-corrected chi connectivity index (χ1v) is 8.91. The van der Waals surface area contributed by atoms with Gasteiger partial charge in [0.1, 0.15) is 0 Å². The third kappa shape index (κ3) is 4.80. The number of ether oxygens (including phenoxy) is 2. The molecule has 3 nitrogen and oxygen atoms in total. The number of benzene rings is 1.